The van der Waals surface area contributed by atoms with Crippen molar-refractivity contribution in [3.05, 3.63) is 53.1 Å². The van der Waals surface area contributed by atoms with E-state index in [1.165, 1.54) is 6.08 Å². The number of carbonyl (C=O) groups is 2. The van der Waals surface area contributed by atoms with Crippen LogP contribution in [0.5, 0.6) is 17.2 Å². The summed E-state index contributed by atoms with van der Waals surface area (Å²) in [5, 5.41) is 5.56. The molecule has 3 rings (SSSR count). The van der Waals surface area contributed by atoms with E-state index >= 15 is 0 Å². The highest BCUT2D eigenvalue weighted by Gasteiger charge is 2.18. The molecule has 0 aromatic heterocycles. The molecule has 0 atom stereocenters. The van der Waals surface area contributed by atoms with Gasteiger partial charge in [-0.15, -0.1) is 0 Å². The number of hydrogen-bond donors (Lipinski definition) is 2. The number of anilines is 1. The second-order valence-corrected chi connectivity index (χ2v) is 6.46. The molecule has 0 unspecified atom stereocenters. The molecular weight excluding hydrogens is 372 g/mol. The van der Waals surface area contributed by atoms with Gasteiger partial charge in [-0.1, -0.05) is 6.07 Å². The van der Waals surface area contributed by atoms with Crippen LogP contribution in [-0.2, 0) is 4.79 Å². The number of carbonyl (C=O) groups excluding carboxylic acids is 2. The molecule has 29 heavy (non-hydrogen) atoms. The first-order chi connectivity index (χ1) is 14.0. The Hall–Kier alpha value is -3.48. The van der Waals surface area contributed by atoms with Gasteiger partial charge in [-0.25, -0.2) is 0 Å². The van der Waals surface area contributed by atoms with Crippen LogP contribution in [0.3, 0.4) is 0 Å². The molecule has 0 bridgehead atoms. The minimum absolute atomic E-state index is 0.179. The van der Waals surface area contributed by atoms with E-state index in [1.54, 1.807) is 43.5 Å². The molecule has 2 aromatic rings. The number of benzene rings is 2. The van der Waals surface area contributed by atoms with E-state index in [1.807, 2.05) is 13.8 Å². The van der Waals surface area contributed by atoms with Crippen LogP contribution in [0.1, 0.15) is 28.4 Å². The lowest BCUT2D eigenvalue weighted by atomic mass is 10.1. The first kappa shape index (κ1) is 20.3. The predicted molar refractivity (Wildman–Crippen MR) is 111 cm³/mol. The lowest BCUT2D eigenvalue weighted by molar-refractivity contribution is -0.111. The van der Waals surface area contributed by atoms with E-state index in [9.17, 15) is 9.59 Å². The molecule has 2 aromatic carbocycles. The second kappa shape index (κ2) is 9.14. The van der Waals surface area contributed by atoms with Crippen molar-refractivity contribution >= 4 is 23.6 Å². The summed E-state index contributed by atoms with van der Waals surface area (Å²) < 4.78 is 16.5. The molecule has 0 saturated heterocycles. The summed E-state index contributed by atoms with van der Waals surface area (Å²) in [6.45, 7) is 5.19. The van der Waals surface area contributed by atoms with Crippen molar-refractivity contribution in [1.82, 2.24) is 5.32 Å². The fourth-order valence-electron chi connectivity index (χ4n) is 2.90. The Morgan fingerprint density at radius 1 is 1.17 bits per heavy atom. The molecule has 0 saturated carbocycles. The molecule has 7 heteroatoms. The normalized spacial score (nSPS) is 12.5. The van der Waals surface area contributed by atoms with Crippen molar-refractivity contribution in [2.75, 3.05) is 32.2 Å². The van der Waals surface area contributed by atoms with Crippen LogP contribution < -0.4 is 24.8 Å². The van der Waals surface area contributed by atoms with Crippen molar-refractivity contribution in [2.24, 2.45) is 0 Å². The van der Waals surface area contributed by atoms with E-state index in [-0.39, 0.29) is 11.8 Å². The Labute approximate surface area is 169 Å². The van der Waals surface area contributed by atoms with Gasteiger partial charge in [0.1, 0.15) is 13.2 Å². The summed E-state index contributed by atoms with van der Waals surface area (Å²) in [5.41, 5.74) is 2.69. The monoisotopic (exact) mass is 396 g/mol. The van der Waals surface area contributed by atoms with Gasteiger partial charge in [0, 0.05) is 23.9 Å². The Bertz CT molecular complexity index is 935. The number of rotatable bonds is 6. The molecule has 0 radical (unpaired) electrons. The van der Waals surface area contributed by atoms with Crippen molar-refractivity contribution in [1.29, 1.82) is 0 Å². The minimum Gasteiger partial charge on any atom is -0.493 e. The van der Waals surface area contributed by atoms with E-state index in [0.29, 0.717) is 48.3 Å². The molecule has 2 N–H and O–H groups in total. The maximum absolute atomic E-state index is 12.4. The first-order valence-electron chi connectivity index (χ1n) is 9.37. The molecule has 1 aliphatic heterocycles. The van der Waals surface area contributed by atoms with Gasteiger partial charge in [-0.05, 0) is 55.3 Å². The van der Waals surface area contributed by atoms with Crippen LogP contribution in [0.25, 0.3) is 6.08 Å². The summed E-state index contributed by atoms with van der Waals surface area (Å²) >= 11 is 0. The molecule has 7 nitrogen and oxygen atoms in total. The van der Waals surface area contributed by atoms with Crippen LogP contribution in [0.4, 0.5) is 5.69 Å². The maximum atomic E-state index is 12.4. The highest BCUT2D eigenvalue weighted by Crippen LogP contribution is 2.40. The van der Waals surface area contributed by atoms with Gasteiger partial charge in [-0.3, -0.25) is 9.59 Å². The third-order valence-electron chi connectivity index (χ3n) is 4.37. The van der Waals surface area contributed by atoms with Crippen LogP contribution in [0.2, 0.25) is 0 Å². The van der Waals surface area contributed by atoms with Gasteiger partial charge in [0.2, 0.25) is 11.7 Å². The Morgan fingerprint density at radius 2 is 1.97 bits per heavy atom. The first-order valence-corrected chi connectivity index (χ1v) is 9.37. The number of fused-ring (bicyclic) bond motifs is 1. The molecule has 152 valence electrons. The summed E-state index contributed by atoms with van der Waals surface area (Å²) in [7, 11) is 1.55. The number of aryl methyl sites for hydroxylation is 1. The van der Waals surface area contributed by atoms with Crippen LogP contribution >= 0.6 is 0 Å². The lowest BCUT2D eigenvalue weighted by Crippen LogP contribution is -2.23. The average molecular weight is 396 g/mol. The zero-order valence-electron chi connectivity index (χ0n) is 16.7. The summed E-state index contributed by atoms with van der Waals surface area (Å²) in [5.74, 6) is 1.21. The topological polar surface area (TPSA) is 85.9 Å². The smallest absolute Gasteiger partial charge is 0.251 e. The Kier molecular flexibility index (Phi) is 6.39. The summed E-state index contributed by atoms with van der Waals surface area (Å²) in [6.07, 6.45) is 3.09. The molecule has 0 spiro atoms. The van der Waals surface area contributed by atoms with Gasteiger partial charge in [0.25, 0.3) is 5.91 Å². The molecular formula is C22H24N2O5. The minimum atomic E-state index is -0.310. The Morgan fingerprint density at radius 3 is 2.72 bits per heavy atom. The van der Waals surface area contributed by atoms with E-state index in [2.05, 4.69) is 10.6 Å². The van der Waals surface area contributed by atoms with Crippen LogP contribution in [0, 0.1) is 6.92 Å². The molecule has 0 fully saturated rings. The van der Waals surface area contributed by atoms with E-state index < -0.39 is 0 Å². The third-order valence-corrected chi connectivity index (χ3v) is 4.37. The van der Waals surface area contributed by atoms with E-state index in [4.69, 9.17) is 14.2 Å². The highest BCUT2D eigenvalue weighted by atomic mass is 16.6. The van der Waals surface area contributed by atoms with Crippen molar-refractivity contribution in [3.8, 4) is 17.2 Å². The predicted octanol–water partition coefficient (Wildman–Crippen LogP) is 3.18. The molecule has 2 amide bonds. The maximum Gasteiger partial charge on any atom is 0.251 e. The second-order valence-electron chi connectivity index (χ2n) is 6.46. The highest BCUT2D eigenvalue weighted by molar-refractivity contribution is 6.03. The number of ether oxygens (including phenoxy) is 3. The van der Waals surface area contributed by atoms with Crippen LogP contribution in [-0.4, -0.2) is 38.7 Å². The quantitative estimate of drug-likeness (QED) is 0.733. The largest absolute Gasteiger partial charge is 0.493 e. The lowest BCUT2D eigenvalue weighted by Gasteiger charge is -2.20. The number of amides is 2. The van der Waals surface area contributed by atoms with Gasteiger partial charge >= 0.3 is 0 Å². The fraction of sp³-hybridized carbons (Fsp3) is 0.273. The molecule has 0 aliphatic carbocycles. The SMILES string of the molecule is CCNC(=O)c1ccc(C)c(NC(=O)/C=C/c2cc(OC)c3c(c2)OCCO3)c1. The third kappa shape index (κ3) is 4.87. The number of methoxy groups -OCH3 is 1. The zero-order valence-corrected chi connectivity index (χ0v) is 16.7. The number of nitrogens with one attached hydrogen (secondary N) is 2. The fourth-order valence-corrected chi connectivity index (χ4v) is 2.90. The van der Waals surface area contributed by atoms with Crippen molar-refractivity contribution in [2.45, 2.75) is 13.8 Å². The van der Waals surface area contributed by atoms with Gasteiger partial charge in [-0.2, -0.15) is 0 Å². The Balaban J connectivity index is 1.75. The van der Waals surface area contributed by atoms with Gasteiger partial charge in [0.15, 0.2) is 11.5 Å². The number of hydrogen-bond acceptors (Lipinski definition) is 5. The summed E-state index contributed by atoms with van der Waals surface area (Å²) in [6, 6.07) is 8.77. The average Bonchev–Trinajstić information content (AvgIpc) is 2.73. The zero-order chi connectivity index (χ0) is 20.8. The molecule has 1 aliphatic rings. The van der Waals surface area contributed by atoms with Gasteiger partial charge in [0.05, 0.1) is 7.11 Å². The molecule has 1 heterocycles. The van der Waals surface area contributed by atoms with Crippen molar-refractivity contribution in [3.63, 3.8) is 0 Å². The van der Waals surface area contributed by atoms with E-state index in [0.717, 1.165) is 11.1 Å². The van der Waals surface area contributed by atoms with Crippen LogP contribution in [0.15, 0.2) is 36.4 Å². The summed E-state index contributed by atoms with van der Waals surface area (Å²) in [4.78, 5) is 24.4. The standard InChI is InChI=1S/C22H24N2O5/c1-4-23-22(26)16-7-5-14(2)17(13-16)24-20(25)8-6-15-11-18(27-3)21-19(12-15)28-9-10-29-21/h5-8,11-13H,4,9-10H2,1-3H3,(H,23,26)(H,24,25)/b8-6+. The van der Waals surface area contributed by atoms with Gasteiger partial charge < -0.3 is 24.8 Å². The van der Waals surface area contributed by atoms with Crippen molar-refractivity contribution < 1.29 is 23.8 Å².